The summed E-state index contributed by atoms with van der Waals surface area (Å²) in [6.07, 6.45) is -1.45. The van der Waals surface area contributed by atoms with Crippen LogP contribution in [-0.2, 0) is 6.18 Å². The molecule has 1 aromatic heterocycles. The van der Waals surface area contributed by atoms with E-state index in [9.17, 15) is 13.2 Å². The smallest absolute Gasteiger partial charge is 0.370 e. The van der Waals surface area contributed by atoms with Crippen molar-refractivity contribution < 1.29 is 13.2 Å². The number of alkyl halides is 3. The zero-order valence-electron chi connectivity index (χ0n) is 11.1. The van der Waals surface area contributed by atoms with Gasteiger partial charge in [0.15, 0.2) is 5.69 Å². The van der Waals surface area contributed by atoms with Gasteiger partial charge in [0.25, 0.3) is 0 Å². The molecule has 0 amide bonds. The molecule has 0 unspecified atom stereocenters. The van der Waals surface area contributed by atoms with Gasteiger partial charge in [0.1, 0.15) is 0 Å². The summed E-state index contributed by atoms with van der Waals surface area (Å²) in [6.45, 7) is 1.27. The molecule has 3 nitrogen and oxygen atoms in total. The van der Waals surface area contributed by atoms with Gasteiger partial charge in [-0.05, 0) is 39.1 Å². The van der Waals surface area contributed by atoms with E-state index in [1.165, 1.54) is 12.3 Å². The first-order valence-corrected chi connectivity index (χ1v) is 6.33. The third kappa shape index (κ3) is 3.18. The Labute approximate surface area is 111 Å². The maximum Gasteiger partial charge on any atom is 0.435 e. The predicted octanol–water partition coefficient (Wildman–Crippen LogP) is 2.63. The number of piperidine rings is 1. The molecule has 6 heteroatoms. The van der Waals surface area contributed by atoms with Crippen LogP contribution in [0.1, 0.15) is 18.5 Å². The highest BCUT2D eigenvalue weighted by atomic mass is 19.4. The summed E-state index contributed by atoms with van der Waals surface area (Å²) in [7, 11) is 4.01. The zero-order chi connectivity index (χ0) is 14.0. The van der Waals surface area contributed by atoms with Gasteiger partial charge >= 0.3 is 6.18 Å². The third-order valence-electron chi connectivity index (χ3n) is 3.59. The molecule has 0 atom stereocenters. The highest BCUT2D eigenvalue weighted by Gasteiger charge is 2.37. The van der Waals surface area contributed by atoms with Crippen LogP contribution in [-0.4, -0.2) is 43.1 Å². The van der Waals surface area contributed by atoms with Crippen LogP contribution in [0.2, 0.25) is 0 Å². The minimum Gasteiger partial charge on any atom is -0.370 e. The summed E-state index contributed by atoms with van der Waals surface area (Å²) in [5.74, 6) is 0. The highest BCUT2D eigenvalue weighted by Crippen LogP contribution is 2.35. The van der Waals surface area contributed by atoms with E-state index in [0.29, 0.717) is 19.1 Å². The van der Waals surface area contributed by atoms with Gasteiger partial charge in [0.05, 0.1) is 5.69 Å². The van der Waals surface area contributed by atoms with Crippen molar-refractivity contribution in [1.82, 2.24) is 9.88 Å². The number of pyridine rings is 1. The lowest BCUT2D eigenvalue weighted by Crippen LogP contribution is -2.42. The van der Waals surface area contributed by atoms with Gasteiger partial charge < -0.3 is 9.80 Å². The number of halogens is 3. The maximum absolute atomic E-state index is 12.9. The van der Waals surface area contributed by atoms with Crippen LogP contribution in [0.4, 0.5) is 18.9 Å². The van der Waals surface area contributed by atoms with Crippen molar-refractivity contribution in [2.45, 2.75) is 25.1 Å². The monoisotopic (exact) mass is 273 g/mol. The third-order valence-corrected chi connectivity index (χ3v) is 3.59. The Morgan fingerprint density at radius 1 is 1.26 bits per heavy atom. The van der Waals surface area contributed by atoms with Crippen molar-refractivity contribution in [3.63, 3.8) is 0 Å². The molecule has 106 valence electrons. The molecule has 0 aliphatic carbocycles. The summed E-state index contributed by atoms with van der Waals surface area (Å²) in [5.41, 5.74) is -0.578. The van der Waals surface area contributed by atoms with Gasteiger partial charge in [0.2, 0.25) is 0 Å². The van der Waals surface area contributed by atoms with Crippen LogP contribution in [0.3, 0.4) is 0 Å². The SMILES string of the molecule is CN(C)C1CCN(c2cccnc2C(F)(F)F)CC1. The fourth-order valence-corrected chi connectivity index (χ4v) is 2.49. The molecule has 0 saturated carbocycles. The van der Waals surface area contributed by atoms with Crippen LogP contribution in [0.5, 0.6) is 0 Å². The molecule has 1 aliphatic rings. The second kappa shape index (κ2) is 5.36. The van der Waals surface area contributed by atoms with E-state index in [2.05, 4.69) is 9.88 Å². The number of hydrogen-bond acceptors (Lipinski definition) is 3. The van der Waals surface area contributed by atoms with Gasteiger partial charge in [0, 0.05) is 25.3 Å². The molecule has 0 aromatic carbocycles. The molecule has 1 aromatic rings. The average Bonchev–Trinajstić information content (AvgIpc) is 2.38. The minimum atomic E-state index is -4.39. The first-order chi connectivity index (χ1) is 8.89. The lowest BCUT2D eigenvalue weighted by molar-refractivity contribution is -0.140. The van der Waals surface area contributed by atoms with Crippen molar-refractivity contribution in [1.29, 1.82) is 0 Å². The Hall–Kier alpha value is -1.30. The van der Waals surface area contributed by atoms with E-state index < -0.39 is 11.9 Å². The van der Waals surface area contributed by atoms with E-state index in [0.717, 1.165) is 12.8 Å². The molecule has 0 bridgehead atoms. The molecule has 1 saturated heterocycles. The Bertz CT molecular complexity index is 423. The fraction of sp³-hybridized carbons (Fsp3) is 0.615. The van der Waals surface area contributed by atoms with Gasteiger partial charge in [-0.1, -0.05) is 0 Å². The Balaban J connectivity index is 2.16. The minimum absolute atomic E-state index is 0.201. The van der Waals surface area contributed by atoms with E-state index in [4.69, 9.17) is 0 Å². The predicted molar refractivity (Wildman–Crippen MR) is 68.2 cm³/mol. The first-order valence-electron chi connectivity index (χ1n) is 6.33. The Morgan fingerprint density at radius 3 is 2.42 bits per heavy atom. The van der Waals surface area contributed by atoms with Crippen molar-refractivity contribution in [3.05, 3.63) is 24.0 Å². The quantitative estimate of drug-likeness (QED) is 0.825. The van der Waals surface area contributed by atoms with E-state index in [-0.39, 0.29) is 5.69 Å². The van der Waals surface area contributed by atoms with Crippen molar-refractivity contribution >= 4 is 5.69 Å². The molecular weight excluding hydrogens is 255 g/mol. The average molecular weight is 273 g/mol. The number of anilines is 1. The van der Waals surface area contributed by atoms with Crippen LogP contribution < -0.4 is 4.90 Å². The number of rotatable bonds is 2. The highest BCUT2D eigenvalue weighted by molar-refractivity contribution is 5.52. The van der Waals surface area contributed by atoms with Crippen molar-refractivity contribution in [2.24, 2.45) is 0 Å². The lowest BCUT2D eigenvalue weighted by Gasteiger charge is -2.37. The van der Waals surface area contributed by atoms with Gasteiger partial charge in [-0.25, -0.2) is 4.98 Å². The van der Waals surface area contributed by atoms with E-state index >= 15 is 0 Å². The normalized spacial score (nSPS) is 18.1. The van der Waals surface area contributed by atoms with Crippen LogP contribution >= 0.6 is 0 Å². The van der Waals surface area contributed by atoms with E-state index in [1.807, 2.05) is 14.1 Å². The van der Waals surface area contributed by atoms with Crippen LogP contribution in [0.25, 0.3) is 0 Å². The summed E-state index contributed by atoms with van der Waals surface area (Å²) < 4.78 is 38.7. The van der Waals surface area contributed by atoms with Gasteiger partial charge in [-0.15, -0.1) is 0 Å². The molecule has 2 rings (SSSR count). The largest absolute Gasteiger partial charge is 0.435 e. The van der Waals surface area contributed by atoms with Crippen LogP contribution in [0.15, 0.2) is 18.3 Å². The first kappa shape index (κ1) is 14.1. The number of hydrogen-bond donors (Lipinski definition) is 0. The second-order valence-corrected chi connectivity index (χ2v) is 5.05. The Morgan fingerprint density at radius 2 is 1.89 bits per heavy atom. The van der Waals surface area contributed by atoms with Crippen molar-refractivity contribution in [3.8, 4) is 0 Å². The van der Waals surface area contributed by atoms with Gasteiger partial charge in [-0.3, -0.25) is 0 Å². The summed E-state index contributed by atoms with van der Waals surface area (Å²) in [4.78, 5) is 7.42. The Kier molecular flexibility index (Phi) is 3.99. The molecule has 1 fully saturated rings. The maximum atomic E-state index is 12.9. The van der Waals surface area contributed by atoms with E-state index in [1.54, 1.807) is 11.0 Å². The number of aromatic nitrogens is 1. The van der Waals surface area contributed by atoms with Crippen LogP contribution in [0, 0.1) is 0 Å². The topological polar surface area (TPSA) is 19.4 Å². The standard InChI is InChI=1S/C13H18F3N3/c1-18(2)10-5-8-19(9-6-10)11-4-3-7-17-12(11)13(14,15)16/h3-4,7,10H,5-6,8-9H2,1-2H3. The molecular formula is C13H18F3N3. The number of nitrogens with zero attached hydrogens (tertiary/aromatic N) is 3. The molecule has 0 spiro atoms. The van der Waals surface area contributed by atoms with Gasteiger partial charge in [-0.2, -0.15) is 13.2 Å². The second-order valence-electron chi connectivity index (χ2n) is 5.05. The molecule has 19 heavy (non-hydrogen) atoms. The molecule has 0 radical (unpaired) electrons. The summed E-state index contributed by atoms with van der Waals surface area (Å²) in [5, 5.41) is 0. The fourth-order valence-electron chi connectivity index (χ4n) is 2.49. The molecule has 2 heterocycles. The lowest BCUT2D eigenvalue weighted by atomic mass is 10.0. The molecule has 0 N–H and O–H groups in total. The molecule has 1 aliphatic heterocycles. The summed E-state index contributed by atoms with van der Waals surface area (Å²) >= 11 is 0. The van der Waals surface area contributed by atoms with Crippen molar-refractivity contribution in [2.75, 3.05) is 32.1 Å². The summed E-state index contributed by atoms with van der Waals surface area (Å²) in [6, 6.07) is 3.51. The zero-order valence-corrected chi connectivity index (χ0v) is 11.1.